The Bertz CT molecular complexity index is 1060. The molecule has 0 aliphatic rings. The van der Waals surface area contributed by atoms with Crippen LogP contribution in [0.3, 0.4) is 0 Å². The zero-order chi connectivity index (χ0) is 19.2. The van der Waals surface area contributed by atoms with Crippen LogP contribution < -0.4 is 20.5 Å². The second kappa shape index (κ2) is 8.13. The fourth-order valence-electron chi connectivity index (χ4n) is 2.52. The number of para-hydroxylation sites is 1. The van der Waals surface area contributed by atoms with Gasteiger partial charge in [0.1, 0.15) is 6.54 Å². The number of benzene rings is 2. The van der Waals surface area contributed by atoms with Crippen molar-refractivity contribution in [1.29, 1.82) is 0 Å². The molecule has 0 aliphatic heterocycles. The van der Waals surface area contributed by atoms with Crippen LogP contribution in [0.5, 0.6) is 11.5 Å². The van der Waals surface area contributed by atoms with Crippen molar-refractivity contribution in [3.05, 3.63) is 64.7 Å². The summed E-state index contributed by atoms with van der Waals surface area (Å²) in [6.45, 7) is -0.181. The van der Waals surface area contributed by atoms with Crippen molar-refractivity contribution in [3.8, 4) is 11.5 Å². The van der Waals surface area contributed by atoms with Gasteiger partial charge in [0, 0.05) is 0 Å². The van der Waals surface area contributed by atoms with Crippen molar-refractivity contribution in [1.82, 2.24) is 15.0 Å². The summed E-state index contributed by atoms with van der Waals surface area (Å²) in [6.07, 6.45) is 2.82. The Morgan fingerprint density at radius 1 is 1.19 bits per heavy atom. The molecule has 2 aromatic carbocycles. The predicted octanol–water partition coefficient (Wildman–Crippen LogP) is 1.56. The van der Waals surface area contributed by atoms with E-state index in [0.717, 1.165) is 5.56 Å². The molecule has 0 aliphatic carbocycles. The molecule has 3 rings (SSSR count). The molecule has 0 fully saturated rings. The molecule has 3 aromatic rings. The van der Waals surface area contributed by atoms with Crippen molar-refractivity contribution >= 4 is 23.0 Å². The van der Waals surface area contributed by atoms with E-state index in [4.69, 9.17) is 9.47 Å². The minimum Gasteiger partial charge on any atom is -0.493 e. The third kappa shape index (κ3) is 4.12. The van der Waals surface area contributed by atoms with Crippen LogP contribution in [0.15, 0.2) is 58.7 Å². The van der Waals surface area contributed by atoms with Gasteiger partial charge in [0.15, 0.2) is 11.5 Å². The lowest BCUT2D eigenvalue weighted by molar-refractivity contribution is -0.121. The number of ether oxygens (including phenoxy) is 2. The van der Waals surface area contributed by atoms with Crippen LogP contribution in [-0.2, 0) is 11.3 Å². The maximum atomic E-state index is 12.4. The van der Waals surface area contributed by atoms with Gasteiger partial charge in [-0.15, -0.1) is 0 Å². The van der Waals surface area contributed by atoms with Gasteiger partial charge in [-0.1, -0.05) is 12.1 Å². The van der Waals surface area contributed by atoms with Gasteiger partial charge in [0.25, 0.3) is 11.5 Å². The Labute approximate surface area is 155 Å². The second-order valence-electron chi connectivity index (χ2n) is 5.60. The summed E-state index contributed by atoms with van der Waals surface area (Å²) < 4.78 is 11.6. The molecule has 27 heavy (non-hydrogen) atoms. The van der Waals surface area contributed by atoms with E-state index in [2.05, 4.69) is 15.5 Å². The smallest absolute Gasteiger partial charge is 0.261 e. The van der Waals surface area contributed by atoms with Crippen LogP contribution in [0, 0.1) is 0 Å². The Morgan fingerprint density at radius 2 is 1.96 bits per heavy atom. The number of aromatic nitrogens is 2. The minimum atomic E-state index is -0.439. The number of nitrogens with zero attached hydrogens (tertiary/aromatic N) is 3. The normalized spacial score (nSPS) is 10.9. The summed E-state index contributed by atoms with van der Waals surface area (Å²) in [7, 11) is 3.09. The first-order chi connectivity index (χ1) is 13.1. The molecule has 1 heterocycles. The highest BCUT2D eigenvalue weighted by Crippen LogP contribution is 2.26. The summed E-state index contributed by atoms with van der Waals surface area (Å²) in [5, 5.41) is 4.36. The number of rotatable bonds is 6. The van der Waals surface area contributed by atoms with Crippen LogP contribution in [0.1, 0.15) is 5.56 Å². The fourth-order valence-corrected chi connectivity index (χ4v) is 2.52. The van der Waals surface area contributed by atoms with Gasteiger partial charge in [0.2, 0.25) is 0 Å². The summed E-state index contributed by atoms with van der Waals surface area (Å²) in [5.74, 6) is 0.717. The van der Waals surface area contributed by atoms with Crippen molar-refractivity contribution in [2.24, 2.45) is 5.10 Å². The summed E-state index contributed by atoms with van der Waals surface area (Å²) in [6, 6.07) is 12.2. The Kier molecular flexibility index (Phi) is 5.46. The van der Waals surface area contributed by atoms with E-state index >= 15 is 0 Å². The summed E-state index contributed by atoms with van der Waals surface area (Å²) in [5.41, 5.74) is 3.42. The van der Waals surface area contributed by atoms with E-state index in [-0.39, 0.29) is 12.1 Å². The van der Waals surface area contributed by atoms with Gasteiger partial charge in [-0.25, -0.2) is 10.4 Å². The van der Waals surface area contributed by atoms with E-state index in [1.807, 2.05) is 0 Å². The molecular formula is C19H18N4O4. The lowest BCUT2D eigenvalue weighted by atomic mass is 10.2. The third-order valence-electron chi connectivity index (χ3n) is 3.86. The third-order valence-corrected chi connectivity index (χ3v) is 3.86. The fraction of sp³-hybridized carbons (Fsp3) is 0.158. The van der Waals surface area contributed by atoms with Gasteiger partial charge in [-0.2, -0.15) is 5.10 Å². The van der Waals surface area contributed by atoms with Crippen molar-refractivity contribution in [2.45, 2.75) is 6.54 Å². The molecule has 1 amide bonds. The zero-order valence-electron chi connectivity index (χ0n) is 14.9. The van der Waals surface area contributed by atoms with Gasteiger partial charge in [-0.05, 0) is 35.9 Å². The number of carbonyl (C=O) groups excluding carboxylic acids is 1. The van der Waals surface area contributed by atoms with Gasteiger partial charge >= 0.3 is 0 Å². The highest BCUT2D eigenvalue weighted by atomic mass is 16.5. The Balaban J connectivity index is 1.67. The number of nitrogens with one attached hydrogen (secondary N) is 1. The molecule has 8 heteroatoms. The van der Waals surface area contributed by atoms with Crippen molar-refractivity contribution < 1.29 is 14.3 Å². The maximum absolute atomic E-state index is 12.4. The largest absolute Gasteiger partial charge is 0.493 e. The van der Waals surface area contributed by atoms with Gasteiger partial charge in [0.05, 0.1) is 37.7 Å². The van der Waals surface area contributed by atoms with Crippen LogP contribution in [0.2, 0.25) is 0 Å². The number of hydrogen-bond acceptors (Lipinski definition) is 6. The van der Waals surface area contributed by atoms with E-state index < -0.39 is 5.91 Å². The molecule has 0 saturated carbocycles. The molecule has 0 bridgehead atoms. The Morgan fingerprint density at radius 3 is 2.74 bits per heavy atom. The van der Waals surface area contributed by atoms with E-state index in [1.54, 1.807) is 49.6 Å². The molecule has 138 valence electrons. The van der Waals surface area contributed by atoms with Crippen LogP contribution in [0.25, 0.3) is 10.9 Å². The summed E-state index contributed by atoms with van der Waals surface area (Å²) in [4.78, 5) is 28.6. The maximum Gasteiger partial charge on any atom is 0.261 e. The molecule has 0 unspecified atom stereocenters. The van der Waals surface area contributed by atoms with Crippen LogP contribution >= 0.6 is 0 Å². The molecule has 0 saturated heterocycles. The number of carbonyl (C=O) groups is 1. The molecular weight excluding hydrogens is 348 g/mol. The molecule has 0 radical (unpaired) electrons. The van der Waals surface area contributed by atoms with Gasteiger partial charge < -0.3 is 9.47 Å². The highest BCUT2D eigenvalue weighted by molar-refractivity contribution is 5.83. The average Bonchev–Trinajstić information content (AvgIpc) is 2.70. The first kappa shape index (κ1) is 18.1. The predicted molar refractivity (Wildman–Crippen MR) is 101 cm³/mol. The molecule has 0 spiro atoms. The zero-order valence-corrected chi connectivity index (χ0v) is 14.9. The summed E-state index contributed by atoms with van der Waals surface area (Å²) >= 11 is 0. The standard InChI is InChI=1S/C19H18N4O4/c1-26-16-8-7-13(9-17(16)27-2)10-21-22-18(24)11-23-12-20-15-6-4-3-5-14(15)19(23)25/h3-10,12H,11H2,1-2H3,(H,22,24)/b21-10-. The molecule has 8 nitrogen and oxygen atoms in total. The monoisotopic (exact) mass is 366 g/mol. The van der Waals surface area contributed by atoms with Crippen molar-refractivity contribution in [2.75, 3.05) is 14.2 Å². The topological polar surface area (TPSA) is 94.8 Å². The number of hydrogen-bond donors (Lipinski definition) is 1. The number of fused-ring (bicyclic) bond motifs is 1. The quantitative estimate of drug-likeness (QED) is 0.528. The average molecular weight is 366 g/mol. The lowest BCUT2D eigenvalue weighted by Crippen LogP contribution is -2.30. The number of hydrazone groups is 1. The molecule has 1 N–H and O–H groups in total. The van der Waals surface area contributed by atoms with E-state index in [0.29, 0.717) is 22.4 Å². The van der Waals surface area contributed by atoms with Crippen molar-refractivity contribution in [3.63, 3.8) is 0 Å². The number of amides is 1. The minimum absolute atomic E-state index is 0.181. The molecule has 0 atom stereocenters. The first-order valence-electron chi connectivity index (χ1n) is 8.10. The first-order valence-corrected chi connectivity index (χ1v) is 8.10. The van der Waals surface area contributed by atoms with Crippen LogP contribution in [0.4, 0.5) is 0 Å². The Hall–Kier alpha value is -3.68. The van der Waals surface area contributed by atoms with Crippen LogP contribution in [-0.4, -0.2) is 35.9 Å². The van der Waals surface area contributed by atoms with Gasteiger partial charge in [-0.3, -0.25) is 14.2 Å². The number of methoxy groups -OCH3 is 2. The second-order valence-corrected chi connectivity index (χ2v) is 5.60. The highest BCUT2D eigenvalue weighted by Gasteiger charge is 2.07. The van der Waals surface area contributed by atoms with E-state index in [9.17, 15) is 9.59 Å². The SMILES string of the molecule is COc1ccc(/C=N\NC(=O)Cn2cnc3ccccc3c2=O)cc1OC. The van der Waals surface area contributed by atoms with E-state index in [1.165, 1.54) is 24.2 Å². The lowest BCUT2D eigenvalue weighted by Gasteiger charge is -2.07. The molecule has 1 aromatic heterocycles.